The Kier molecular flexibility index (Phi) is 10.3. The van der Waals surface area contributed by atoms with Crippen LogP contribution in [0.1, 0.15) is 26.7 Å². The summed E-state index contributed by atoms with van der Waals surface area (Å²) in [5, 5.41) is 0. The molecule has 0 bridgehead atoms. The van der Waals surface area contributed by atoms with Crippen molar-refractivity contribution in [3.05, 3.63) is 48.5 Å². The van der Waals surface area contributed by atoms with E-state index < -0.39 is 11.6 Å². The van der Waals surface area contributed by atoms with Crippen molar-refractivity contribution in [2.24, 2.45) is 0 Å². The van der Waals surface area contributed by atoms with Crippen molar-refractivity contribution in [2.45, 2.75) is 32.3 Å². The van der Waals surface area contributed by atoms with Gasteiger partial charge < -0.3 is 33.2 Å². The number of para-hydroxylation sites is 4. The number of rotatable bonds is 6. The molecule has 2 aromatic carbocycles. The van der Waals surface area contributed by atoms with E-state index in [2.05, 4.69) is 0 Å². The summed E-state index contributed by atoms with van der Waals surface area (Å²) in [6.45, 7) is 5.78. The SMILES string of the molecule is CCCC1(OCC(=O)OCC)COc2ccccc2OCCOCCOc2ccccc2OC1. The van der Waals surface area contributed by atoms with Crippen LogP contribution < -0.4 is 18.9 Å². The first-order valence-electron chi connectivity index (χ1n) is 11.7. The highest BCUT2D eigenvalue weighted by atomic mass is 16.6. The van der Waals surface area contributed by atoms with Crippen LogP contribution >= 0.6 is 0 Å². The lowest BCUT2D eigenvalue weighted by atomic mass is 9.99. The van der Waals surface area contributed by atoms with Crippen LogP contribution in [0.2, 0.25) is 0 Å². The molecule has 0 saturated carbocycles. The Labute approximate surface area is 201 Å². The van der Waals surface area contributed by atoms with E-state index in [-0.39, 0.29) is 26.4 Å². The van der Waals surface area contributed by atoms with Gasteiger partial charge in [0.2, 0.25) is 0 Å². The maximum absolute atomic E-state index is 12.1. The predicted molar refractivity (Wildman–Crippen MR) is 126 cm³/mol. The molecule has 2 aromatic rings. The van der Waals surface area contributed by atoms with Crippen LogP contribution in [0.3, 0.4) is 0 Å². The number of carbonyl (C=O) groups is 1. The van der Waals surface area contributed by atoms with Crippen LogP contribution in [0, 0.1) is 0 Å². The van der Waals surface area contributed by atoms with Crippen LogP contribution in [0.25, 0.3) is 0 Å². The van der Waals surface area contributed by atoms with E-state index in [1.807, 2.05) is 55.5 Å². The fourth-order valence-electron chi connectivity index (χ4n) is 3.53. The summed E-state index contributed by atoms with van der Waals surface area (Å²) in [4.78, 5) is 12.1. The molecule has 3 rings (SSSR count). The summed E-state index contributed by atoms with van der Waals surface area (Å²) in [6.07, 6.45) is 1.40. The Morgan fingerprint density at radius 3 is 1.76 bits per heavy atom. The second-order valence-electron chi connectivity index (χ2n) is 7.81. The van der Waals surface area contributed by atoms with Gasteiger partial charge in [0.15, 0.2) is 23.0 Å². The number of hydrogen-bond donors (Lipinski definition) is 0. The van der Waals surface area contributed by atoms with Gasteiger partial charge in [-0.2, -0.15) is 0 Å². The minimum Gasteiger partial charge on any atom is -0.487 e. The zero-order valence-electron chi connectivity index (χ0n) is 20.0. The average Bonchev–Trinajstić information content (AvgIpc) is 2.85. The van der Waals surface area contributed by atoms with Gasteiger partial charge in [-0.3, -0.25) is 0 Å². The quantitative estimate of drug-likeness (QED) is 0.580. The Bertz CT molecular complexity index is 829. The minimum atomic E-state index is -0.901. The summed E-state index contributed by atoms with van der Waals surface area (Å²) in [5.41, 5.74) is -0.901. The first-order chi connectivity index (χ1) is 16.7. The van der Waals surface area contributed by atoms with Gasteiger partial charge in [0, 0.05) is 0 Å². The maximum atomic E-state index is 12.1. The number of fused-ring (bicyclic) bond motifs is 2. The molecular formula is C26H34O8. The van der Waals surface area contributed by atoms with Gasteiger partial charge in [-0.15, -0.1) is 0 Å². The smallest absolute Gasteiger partial charge is 0.332 e. The Balaban J connectivity index is 1.87. The van der Waals surface area contributed by atoms with Crippen molar-refractivity contribution in [1.82, 2.24) is 0 Å². The van der Waals surface area contributed by atoms with Crippen molar-refractivity contribution in [1.29, 1.82) is 0 Å². The van der Waals surface area contributed by atoms with E-state index in [0.29, 0.717) is 55.8 Å². The summed E-state index contributed by atoms with van der Waals surface area (Å²) < 4.78 is 40.9. The molecule has 0 N–H and O–H groups in total. The molecule has 0 atom stereocenters. The fourth-order valence-corrected chi connectivity index (χ4v) is 3.53. The predicted octanol–water partition coefficient (Wildman–Crippen LogP) is 4.05. The van der Waals surface area contributed by atoms with E-state index in [9.17, 15) is 4.79 Å². The van der Waals surface area contributed by atoms with Crippen molar-refractivity contribution < 1.29 is 38.0 Å². The van der Waals surface area contributed by atoms with E-state index >= 15 is 0 Å². The molecule has 34 heavy (non-hydrogen) atoms. The molecule has 1 aliphatic rings. The largest absolute Gasteiger partial charge is 0.487 e. The average molecular weight is 475 g/mol. The van der Waals surface area contributed by atoms with Gasteiger partial charge in [-0.05, 0) is 37.6 Å². The zero-order chi connectivity index (χ0) is 24.1. The first kappa shape index (κ1) is 25.6. The van der Waals surface area contributed by atoms with Crippen LogP contribution in [-0.4, -0.2) is 64.4 Å². The molecule has 0 fully saturated rings. The number of carbonyl (C=O) groups excluding carboxylic acids is 1. The molecule has 0 aromatic heterocycles. The van der Waals surface area contributed by atoms with E-state index in [0.717, 1.165) is 6.42 Å². The second kappa shape index (κ2) is 13.7. The number of esters is 1. The first-order valence-corrected chi connectivity index (χ1v) is 11.7. The summed E-state index contributed by atoms with van der Waals surface area (Å²) in [6, 6.07) is 14.9. The van der Waals surface area contributed by atoms with Gasteiger partial charge in [0.1, 0.15) is 38.6 Å². The molecule has 8 heteroatoms. The molecule has 0 amide bonds. The molecule has 0 unspecified atom stereocenters. The molecule has 0 spiro atoms. The fraction of sp³-hybridized carbons (Fsp3) is 0.500. The number of benzene rings is 2. The normalized spacial score (nSPS) is 16.4. The molecule has 0 radical (unpaired) electrons. The van der Waals surface area contributed by atoms with Crippen molar-refractivity contribution >= 4 is 5.97 Å². The molecular weight excluding hydrogens is 440 g/mol. The van der Waals surface area contributed by atoms with Crippen LogP contribution in [0.4, 0.5) is 0 Å². The van der Waals surface area contributed by atoms with Crippen LogP contribution in [-0.2, 0) is 19.0 Å². The van der Waals surface area contributed by atoms with E-state index in [1.54, 1.807) is 6.92 Å². The van der Waals surface area contributed by atoms with Gasteiger partial charge in [0.05, 0.1) is 19.8 Å². The molecule has 0 aliphatic carbocycles. The maximum Gasteiger partial charge on any atom is 0.332 e. The highest BCUT2D eigenvalue weighted by Crippen LogP contribution is 2.32. The third kappa shape index (κ3) is 7.81. The third-order valence-corrected chi connectivity index (χ3v) is 5.16. The molecule has 186 valence electrons. The third-order valence-electron chi connectivity index (χ3n) is 5.16. The summed E-state index contributed by atoms with van der Waals surface area (Å²) in [5.74, 6) is 1.95. The number of ether oxygens (including phenoxy) is 7. The van der Waals surface area contributed by atoms with Crippen LogP contribution in [0.5, 0.6) is 23.0 Å². The number of hydrogen-bond acceptors (Lipinski definition) is 8. The molecule has 1 aliphatic heterocycles. The summed E-state index contributed by atoms with van der Waals surface area (Å²) in [7, 11) is 0. The highest BCUT2D eigenvalue weighted by molar-refractivity contribution is 5.70. The standard InChI is InChI=1S/C26H34O8/c1-3-13-26(34-18-25(27)29-4-2)19-32-23-11-7-5-9-21(23)30-16-14-28-15-17-31-22-10-6-8-12-24(22)33-20-26/h5-12H,3-4,13-20H2,1-2H3. The van der Waals surface area contributed by atoms with Crippen molar-refractivity contribution in [3.63, 3.8) is 0 Å². The Morgan fingerprint density at radius 1 is 0.794 bits per heavy atom. The van der Waals surface area contributed by atoms with Gasteiger partial charge >= 0.3 is 5.97 Å². The zero-order valence-corrected chi connectivity index (χ0v) is 20.0. The lowest BCUT2D eigenvalue weighted by molar-refractivity contribution is -0.162. The lowest BCUT2D eigenvalue weighted by Crippen LogP contribution is -2.46. The van der Waals surface area contributed by atoms with Crippen molar-refractivity contribution in [3.8, 4) is 23.0 Å². The molecule has 1 heterocycles. The lowest BCUT2D eigenvalue weighted by Gasteiger charge is -2.33. The minimum absolute atomic E-state index is 0.153. The Morgan fingerprint density at radius 2 is 1.29 bits per heavy atom. The molecule has 8 nitrogen and oxygen atoms in total. The second-order valence-corrected chi connectivity index (χ2v) is 7.81. The Hall–Kier alpha value is -2.97. The van der Waals surface area contributed by atoms with E-state index in [4.69, 9.17) is 33.2 Å². The highest BCUT2D eigenvalue weighted by Gasteiger charge is 2.35. The van der Waals surface area contributed by atoms with Gasteiger partial charge in [-0.25, -0.2) is 4.79 Å². The molecule has 0 saturated heterocycles. The van der Waals surface area contributed by atoms with Gasteiger partial charge in [0.25, 0.3) is 0 Å². The summed E-state index contributed by atoms with van der Waals surface area (Å²) >= 11 is 0. The van der Waals surface area contributed by atoms with E-state index in [1.165, 1.54) is 0 Å². The topological polar surface area (TPSA) is 81.7 Å². The van der Waals surface area contributed by atoms with Crippen molar-refractivity contribution in [2.75, 3.05) is 52.9 Å². The monoisotopic (exact) mass is 474 g/mol. The van der Waals surface area contributed by atoms with Crippen LogP contribution in [0.15, 0.2) is 48.5 Å². The van der Waals surface area contributed by atoms with Gasteiger partial charge in [-0.1, -0.05) is 37.6 Å².